The fourth-order valence-corrected chi connectivity index (χ4v) is 2.88. The lowest BCUT2D eigenvalue weighted by Crippen LogP contribution is -2.08. The van der Waals surface area contributed by atoms with E-state index in [1.807, 2.05) is 71.5 Å². The highest BCUT2D eigenvalue weighted by atomic mass is 15.3. The Balaban J connectivity index is 1.79. The number of anilines is 3. The first-order chi connectivity index (χ1) is 13.3. The molecule has 0 aliphatic carbocycles. The van der Waals surface area contributed by atoms with Gasteiger partial charge in [-0.15, -0.1) is 0 Å². The lowest BCUT2D eigenvalue weighted by molar-refractivity contribution is 0.826. The van der Waals surface area contributed by atoms with Crippen molar-refractivity contribution in [1.29, 1.82) is 0 Å². The lowest BCUT2D eigenvalue weighted by atomic mass is 10.3. The second-order valence-electron chi connectivity index (χ2n) is 6.30. The summed E-state index contributed by atoms with van der Waals surface area (Å²) in [6, 6.07) is 20.0. The molecule has 0 atom stereocenters. The van der Waals surface area contributed by atoms with E-state index in [1.54, 1.807) is 0 Å². The van der Waals surface area contributed by atoms with Crippen LogP contribution < -0.4 is 10.6 Å². The van der Waals surface area contributed by atoms with Gasteiger partial charge in [0.1, 0.15) is 5.82 Å². The minimum Gasteiger partial charge on any atom is -0.354 e. The monoisotopic (exact) mass is 358 g/mol. The van der Waals surface area contributed by atoms with Gasteiger partial charge in [0.15, 0.2) is 5.65 Å². The summed E-state index contributed by atoms with van der Waals surface area (Å²) >= 11 is 0. The van der Waals surface area contributed by atoms with Crippen LogP contribution in [0.1, 0.15) is 19.8 Å². The number of nitrogens with one attached hydrogen (secondary N) is 2. The molecule has 0 spiro atoms. The van der Waals surface area contributed by atoms with Gasteiger partial charge in [-0.2, -0.15) is 15.1 Å². The standard InChI is InChI=1S/C21H22N6/c1-2-3-14-22-21-25-19(24-16-10-6-4-7-11-16)18-15-23-27(20(18)26-21)17-12-8-5-9-13-17/h4-13,15H,2-3,14H2,1H3,(H2,22,24,25,26). The first-order valence-electron chi connectivity index (χ1n) is 9.22. The number of para-hydroxylation sites is 2. The first kappa shape index (κ1) is 17.0. The second kappa shape index (κ2) is 7.86. The van der Waals surface area contributed by atoms with E-state index in [0.717, 1.165) is 47.6 Å². The predicted molar refractivity (Wildman–Crippen MR) is 110 cm³/mol. The normalized spacial score (nSPS) is 10.9. The van der Waals surface area contributed by atoms with Crippen molar-refractivity contribution in [3.8, 4) is 5.69 Å². The maximum atomic E-state index is 4.72. The van der Waals surface area contributed by atoms with Crippen molar-refractivity contribution in [3.05, 3.63) is 66.9 Å². The molecule has 2 N–H and O–H groups in total. The van der Waals surface area contributed by atoms with Crippen LogP contribution in [0.15, 0.2) is 66.9 Å². The maximum Gasteiger partial charge on any atom is 0.226 e. The van der Waals surface area contributed by atoms with Crippen molar-refractivity contribution >= 4 is 28.5 Å². The fraction of sp³-hybridized carbons (Fsp3) is 0.190. The quantitative estimate of drug-likeness (QED) is 0.466. The molecule has 2 aromatic carbocycles. The molecule has 0 radical (unpaired) electrons. The van der Waals surface area contributed by atoms with E-state index in [9.17, 15) is 0 Å². The van der Waals surface area contributed by atoms with Crippen molar-refractivity contribution in [1.82, 2.24) is 19.7 Å². The van der Waals surface area contributed by atoms with Gasteiger partial charge < -0.3 is 10.6 Å². The molecule has 6 nitrogen and oxygen atoms in total. The Kier molecular flexibility index (Phi) is 4.96. The summed E-state index contributed by atoms with van der Waals surface area (Å²) in [5.41, 5.74) is 2.72. The number of nitrogens with zero attached hydrogens (tertiary/aromatic N) is 4. The maximum absolute atomic E-state index is 4.72. The predicted octanol–water partition coefficient (Wildman–Crippen LogP) is 4.77. The number of fused-ring (bicyclic) bond motifs is 1. The molecule has 4 rings (SSSR count). The number of rotatable bonds is 7. The van der Waals surface area contributed by atoms with Crippen molar-refractivity contribution in [2.45, 2.75) is 19.8 Å². The van der Waals surface area contributed by atoms with Crippen LogP contribution in [0.2, 0.25) is 0 Å². The average Bonchev–Trinajstić information content (AvgIpc) is 3.14. The molecule has 0 amide bonds. The molecule has 2 heterocycles. The molecule has 6 heteroatoms. The summed E-state index contributed by atoms with van der Waals surface area (Å²) in [5, 5.41) is 12.2. The average molecular weight is 358 g/mol. The van der Waals surface area contributed by atoms with Gasteiger partial charge in [-0.25, -0.2) is 4.68 Å². The van der Waals surface area contributed by atoms with Crippen LogP contribution >= 0.6 is 0 Å². The van der Waals surface area contributed by atoms with E-state index in [4.69, 9.17) is 4.98 Å². The zero-order chi connectivity index (χ0) is 18.5. The summed E-state index contributed by atoms with van der Waals surface area (Å²) in [7, 11) is 0. The van der Waals surface area contributed by atoms with E-state index in [-0.39, 0.29) is 0 Å². The summed E-state index contributed by atoms with van der Waals surface area (Å²) < 4.78 is 1.85. The van der Waals surface area contributed by atoms with Crippen LogP contribution in [0, 0.1) is 0 Å². The van der Waals surface area contributed by atoms with Gasteiger partial charge >= 0.3 is 0 Å². The smallest absolute Gasteiger partial charge is 0.226 e. The van der Waals surface area contributed by atoms with Gasteiger partial charge in [0.2, 0.25) is 5.95 Å². The Morgan fingerprint density at radius 2 is 1.67 bits per heavy atom. The SMILES string of the molecule is CCCCNc1nc(Nc2ccccc2)c2cnn(-c3ccccc3)c2n1. The third-order valence-corrected chi connectivity index (χ3v) is 4.28. The van der Waals surface area contributed by atoms with Gasteiger partial charge in [0.05, 0.1) is 17.3 Å². The number of hydrogen-bond acceptors (Lipinski definition) is 5. The van der Waals surface area contributed by atoms with E-state index in [1.165, 1.54) is 0 Å². The van der Waals surface area contributed by atoms with Gasteiger partial charge in [-0.3, -0.25) is 0 Å². The second-order valence-corrected chi connectivity index (χ2v) is 6.30. The number of benzene rings is 2. The van der Waals surface area contributed by atoms with Gasteiger partial charge in [0, 0.05) is 12.2 Å². The molecule has 0 aliphatic rings. The van der Waals surface area contributed by atoms with E-state index in [2.05, 4.69) is 27.6 Å². The summed E-state index contributed by atoms with van der Waals surface area (Å²) in [6.45, 7) is 3.00. The Bertz CT molecular complexity index is 1010. The molecule has 0 saturated heterocycles. The molecule has 27 heavy (non-hydrogen) atoms. The van der Waals surface area contributed by atoms with E-state index < -0.39 is 0 Å². The Morgan fingerprint density at radius 1 is 0.926 bits per heavy atom. The highest BCUT2D eigenvalue weighted by Gasteiger charge is 2.14. The Hall–Kier alpha value is -3.41. The molecular formula is C21H22N6. The summed E-state index contributed by atoms with van der Waals surface area (Å²) in [5.74, 6) is 1.35. The Labute approximate surface area is 158 Å². The molecular weight excluding hydrogens is 336 g/mol. The number of unbranched alkanes of at least 4 members (excludes halogenated alkanes) is 1. The van der Waals surface area contributed by atoms with Gasteiger partial charge in [-0.1, -0.05) is 49.7 Å². The van der Waals surface area contributed by atoms with Crippen LogP contribution in [-0.2, 0) is 0 Å². The first-order valence-corrected chi connectivity index (χ1v) is 9.22. The van der Waals surface area contributed by atoms with Crippen LogP contribution in [0.25, 0.3) is 16.7 Å². The van der Waals surface area contributed by atoms with Crippen LogP contribution in [0.3, 0.4) is 0 Å². The Morgan fingerprint density at radius 3 is 2.41 bits per heavy atom. The zero-order valence-corrected chi connectivity index (χ0v) is 15.3. The number of aromatic nitrogens is 4. The molecule has 0 aliphatic heterocycles. The van der Waals surface area contributed by atoms with Crippen LogP contribution in [0.4, 0.5) is 17.5 Å². The molecule has 136 valence electrons. The largest absolute Gasteiger partial charge is 0.354 e. The van der Waals surface area contributed by atoms with Crippen LogP contribution in [-0.4, -0.2) is 26.3 Å². The topological polar surface area (TPSA) is 67.7 Å². The minimum atomic E-state index is 0.604. The third kappa shape index (κ3) is 3.74. The fourth-order valence-electron chi connectivity index (χ4n) is 2.88. The van der Waals surface area contributed by atoms with Crippen LogP contribution in [0.5, 0.6) is 0 Å². The summed E-state index contributed by atoms with van der Waals surface area (Å²) in [6.07, 6.45) is 4.00. The van der Waals surface area contributed by atoms with Crippen molar-refractivity contribution in [2.24, 2.45) is 0 Å². The number of hydrogen-bond donors (Lipinski definition) is 2. The summed E-state index contributed by atoms with van der Waals surface area (Å²) in [4.78, 5) is 9.41. The minimum absolute atomic E-state index is 0.604. The molecule has 2 aromatic heterocycles. The van der Waals surface area contributed by atoms with E-state index >= 15 is 0 Å². The molecule has 4 aromatic rings. The van der Waals surface area contributed by atoms with Crippen molar-refractivity contribution in [2.75, 3.05) is 17.2 Å². The molecule has 0 fully saturated rings. The molecule has 0 unspecified atom stereocenters. The molecule has 0 saturated carbocycles. The van der Waals surface area contributed by atoms with Gasteiger partial charge in [0.25, 0.3) is 0 Å². The highest BCUT2D eigenvalue weighted by Crippen LogP contribution is 2.26. The third-order valence-electron chi connectivity index (χ3n) is 4.28. The molecule has 0 bridgehead atoms. The zero-order valence-electron chi connectivity index (χ0n) is 15.3. The van der Waals surface area contributed by atoms with Crippen molar-refractivity contribution < 1.29 is 0 Å². The lowest BCUT2D eigenvalue weighted by Gasteiger charge is -2.11. The van der Waals surface area contributed by atoms with Crippen molar-refractivity contribution in [3.63, 3.8) is 0 Å². The highest BCUT2D eigenvalue weighted by molar-refractivity contribution is 5.90. The van der Waals surface area contributed by atoms with E-state index in [0.29, 0.717) is 5.95 Å². The van der Waals surface area contributed by atoms with Gasteiger partial charge in [-0.05, 0) is 30.7 Å².